The Morgan fingerprint density at radius 2 is 1.62 bits per heavy atom. The third-order valence-electron chi connectivity index (χ3n) is 12.2. The van der Waals surface area contributed by atoms with Gasteiger partial charge in [-0.3, -0.25) is 4.79 Å². The van der Waals surface area contributed by atoms with Gasteiger partial charge in [0.2, 0.25) is 0 Å². The maximum absolute atomic E-state index is 11.8. The molecule has 0 aliphatic heterocycles. The minimum absolute atomic E-state index is 0.0436. The second kappa shape index (κ2) is 8.95. The summed E-state index contributed by atoms with van der Waals surface area (Å²) in [6, 6.07) is 0. The first-order chi connectivity index (χ1) is 15.8. The van der Waals surface area contributed by atoms with Gasteiger partial charge in [-0.2, -0.15) is 0 Å². The van der Waals surface area contributed by atoms with Crippen LogP contribution in [-0.2, 0) is 9.53 Å². The highest BCUT2D eigenvalue weighted by molar-refractivity contribution is 5.66. The molecule has 194 valence electrons. The van der Waals surface area contributed by atoms with Crippen molar-refractivity contribution < 1.29 is 9.53 Å². The number of allylic oxidation sites excluding steroid dienone is 2. The molecule has 0 aromatic rings. The fraction of sp³-hybridized carbons (Fsp3) is 0.906. The first kappa shape index (κ1) is 26.3. The lowest BCUT2D eigenvalue weighted by Crippen LogP contribution is -2.55. The molecule has 0 aromatic heterocycles. The molecule has 0 saturated heterocycles. The van der Waals surface area contributed by atoms with Crippen molar-refractivity contribution in [3.8, 4) is 0 Å². The molecule has 4 aliphatic rings. The van der Waals surface area contributed by atoms with Crippen molar-refractivity contribution in [2.75, 3.05) is 0 Å². The third-order valence-corrected chi connectivity index (χ3v) is 12.2. The number of esters is 1. The van der Waals surface area contributed by atoms with Gasteiger partial charge in [-0.25, -0.2) is 0 Å². The number of hydrogen-bond donors (Lipinski definition) is 0. The summed E-state index contributed by atoms with van der Waals surface area (Å²) < 4.78 is 5.87. The molecule has 0 bridgehead atoms. The lowest BCUT2D eigenvalue weighted by atomic mass is 9.43. The van der Waals surface area contributed by atoms with Gasteiger partial charge in [0.1, 0.15) is 6.10 Å². The van der Waals surface area contributed by atoms with Crippen molar-refractivity contribution in [2.24, 2.45) is 45.3 Å². The van der Waals surface area contributed by atoms with Gasteiger partial charge in [0.05, 0.1) is 0 Å². The van der Waals surface area contributed by atoms with E-state index in [0.29, 0.717) is 16.7 Å². The van der Waals surface area contributed by atoms with Gasteiger partial charge in [0, 0.05) is 12.3 Å². The molecule has 0 spiro atoms. The summed E-state index contributed by atoms with van der Waals surface area (Å²) in [5, 5.41) is 0. The Bertz CT molecular complexity index is 821. The molecule has 34 heavy (non-hydrogen) atoms. The van der Waals surface area contributed by atoms with Crippen molar-refractivity contribution in [1.82, 2.24) is 0 Å². The number of ether oxygens (including phenoxy) is 1. The van der Waals surface area contributed by atoms with Gasteiger partial charge in [0.15, 0.2) is 0 Å². The van der Waals surface area contributed by atoms with Crippen molar-refractivity contribution in [3.05, 3.63) is 11.1 Å². The number of carbonyl (C=O) groups is 1. The fourth-order valence-corrected chi connectivity index (χ4v) is 10.1. The molecule has 2 fully saturated rings. The van der Waals surface area contributed by atoms with Crippen LogP contribution < -0.4 is 0 Å². The predicted molar refractivity (Wildman–Crippen MR) is 142 cm³/mol. The minimum Gasteiger partial charge on any atom is -0.462 e. The van der Waals surface area contributed by atoms with Crippen LogP contribution in [0.1, 0.15) is 133 Å². The largest absolute Gasteiger partial charge is 0.462 e. The lowest BCUT2D eigenvalue weighted by Gasteiger charge is -2.62. The van der Waals surface area contributed by atoms with E-state index in [-0.39, 0.29) is 22.9 Å². The zero-order valence-corrected chi connectivity index (χ0v) is 24.0. The van der Waals surface area contributed by atoms with E-state index in [4.69, 9.17) is 4.74 Å². The van der Waals surface area contributed by atoms with Crippen molar-refractivity contribution in [1.29, 1.82) is 0 Å². The van der Waals surface area contributed by atoms with Crippen LogP contribution in [-0.4, -0.2) is 12.1 Å². The van der Waals surface area contributed by atoms with Crippen LogP contribution >= 0.6 is 0 Å². The standard InChI is InChI=1S/C32H54O2/c1-21(2)11-10-12-22(3)24-15-19-32(9)26-13-14-27-29(5,6)28(34-23(4)33)17-18-30(27,7)25(26)16-20-31(24,32)8/h21-22,24,27-28H,10-20H2,1-9H3/t22-,24+,27+,28-,30?,31+,32-/m1/s1. The van der Waals surface area contributed by atoms with Crippen LogP contribution in [0.3, 0.4) is 0 Å². The third kappa shape index (κ3) is 3.92. The average molecular weight is 471 g/mol. The number of rotatable bonds is 6. The van der Waals surface area contributed by atoms with E-state index in [0.717, 1.165) is 24.2 Å². The molecular weight excluding hydrogens is 416 g/mol. The number of carbonyl (C=O) groups excluding carboxylic acids is 1. The second-order valence-corrected chi connectivity index (χ2v) is 14.6. The topological polar surface area (TPSA) is 26.3 Å². The van der Waals surface area contributed by atoms with Gasteiger partial charge < -0.3 is 4.74 Å². The maximum atomic E-state index is 11.8. The van der Waals surface area contributed by atoms with Crippen LogP contribution in [0.4, 0.5) is 0 Å². The Kier molecular flexibility index (Phi) is 6.92. The van der Waals surface area contributed by atoms with E-state index in [1.165, 1.54) is 64.2 Å². The van der Waals surface area contributed by atoms with Crippen molar-refractivity contribution >= 4 is 5.97 Å². The van der Waals surface area contributed by atoms with Gasteiger partial charge in [-0.15, -0.1) is 0 Å². The molecule has 2 heteroatoms. The highest BCUT2D eigenvalue weighted by Gasteiger charge is 2.63. The lowest BCUT2D eigenvalue weighted by molar-refractivity contribution is -0.167. The van der Waals surface area contributed by atoms with Crippen molar-refractivity contribution in [2.45, 2.75) is 139 Å². The molecule has 0 amide bonds. The summed E-state index contributed by atoms with van der Waals surface area (Å²) in [5.41, 5.74) is 4.87. The second-order valence-electron chi connectivity index (χ2n) is 14.6. The predicted octanol–water partition coefficient (Wildman–Crippen LogP) is 9.13. The Morgan fingerprint density at radius 1 is 0.912 bits per heavy atom. The van der Waals surface area contributed by atoms with Crippen LogP contribution in [0.15, 0.2) is 11.1 Å². The smallest absolute Gasteiger partial charge is 0.302 e. The quantitative estimate of drug-likeness (QED) is 0.286. The maximum Gasteiger partial charge on any atom is 0.302 e. The molecule has 2 saturated carbocycles. The summed E-state index contributed by atoms with van der Waals surface area (Å²) in [6.45, 7) is 21.6. The van der Waals surface area contributed by atoms with E-state index in [1.807, 2.05) is 11.1 Å². The van der Waals surface area contributed by atoms with Crippen molar-refractivity contribution in [3.63, 3.8) is 0 Å². The fourth-order valence-electron chi connectivity index (χ4n) is 10.1. The summed E-state index contributed by atoms with van der Waals surface area (Å²) in [4.78, 5) is 11.8. The monoisotopic (exact) mass is 470 g/mol. The van der Waals surface area contributed by atoms with E-state index in [2.05, 4.69) is 55.4 Å². The molecule has 1 unspecified atom stereocenters. The van der Waals surface area contributed by atoms with Crippen LogP contribution in [0.25, 0.3) is 0 Å². The first-order valence-corrected chi connectivity index (χ1v) is 14.7. The molecule has 7 atom stereocenters. The summed E-state index contributed by atoms with van der Waals surface area (Å²) in [5.74, 6) is 3.04. The normalized spacial score (nSPS) is 42.1. The molecule has 0 N–H and O–H groups in total. The molecule has 4 rings (SSSR count). The van der Waals surface area contributed by atoms with E-state index in [1.54, 1.807) is 6.92 Å². The molecule has 0 radical (unpaired) electrons. The van der Waals surface area contributed by atoms with Gasteiger partial charge in [-0.1, -0.05) is 85.8 Å². The molecular formula is C32H54O2. The van der Waals surface area contributed by atoms with E-state index in [9.17, 15) is 4.79 Å². The Labute approximate surface area is 211 Å². The Balaban J connectivity index is 1.61. The van der Waals surface area contributed by atoms with Gasteiger partial charge in [-0.05, 0) is 91.3 Å². The van der Waals surface area contributed by atoms with Gasteiger partial charge >= 0.3 is 5.97 Å². The van der Waals surface area contributed by atoms with Crippen LogP contribution in [0, 0.1) is 45.3 Å². The first-order valence-electron chi connectivity index (χ1n) is 14.7. The zero-order chi connectivity index (χ0) is 25.1. The number of fused-ring (bicyclic) bond motifs is 4. The van der Waals surface area contributed by atoms with E-state index < -0.39 is 0 Å². The van der Waals surface area contributed by atoms with Gasteiger partial charge in [0.25, 0.3) is 0 Å². The Morgan fingerprint density at radius 3 is 2.26 bits per heavy atom. The molecule has 0 heterocycles. The molecule has 2 nitrogen and oxygen atoms in total. The molecule has 4 aliphatic carbocycles. The summed E-state index contributed by atoms with van der Waals surface area (Å²) in [6.07, 6.45) is 14.5. The highest BCUT2D eigenvalue weighted by Crippen LogP contribution is 2.72. The average Bonchev–Trinajstić information content (AvgIpc) is 3.01. The SMILES string of the molecule is CC(=O)O[C@@H]1CCC2(C)C3=C(CC[C@H]2C1(C)C)[C@@]1(C)CC[C@@H]([C@H](C)CCCC(C)C)[C@]1(C)CC3. The van der Waals surface area contributed by atoms with E-state index >= 15 is 0 Å². The van der Waals surface area contributed by atoms with Crippen LogP contribution in [0.2, 0.25) is 0 Å². The Hall–Kier alpha value is -0.790. The van der Waals surface area contributed by atoms with Crippen LogP contribution in [0.5, 0.6) is 0 Å². The summed E-state index contributed by atoms with van der Waals surface area (Å²) in [7, 11) is 0. The highest BCUT2D eigenvalue weighted by atomic mass is 16.5. The summed E-state index contributed by atoms with van der Waals surface area (Å²) >= 11 is 0. The minimum atomic E-state index is -0.113. The number of hydrogen-bond acceptors (Lipinski definition) is 2. The molecule has 0 aromatic carbocycles. The zero-order valence-electron chi connectivity index (χ0n) is 24.0.